The Morgan fingerprint density at radius 1 is 0.479 bits per heavy atom. The fourth-order valence-electron chi connectivity index (χ4n) is 5.64. The Kier molecular flexibility index (Phi) is 7.33. The summed E-state index contributed by atoms with van der Waals surface area (Å²) in [6.45, 7) is 0. The van der Waals surface area contributed by atoms with E-state index in [1.807, 2.05) is 12.1 Å². The highest BCUT2D eigenvalue weighted by Gasteiger charge is 2.27. The highest BCUT2D eigenvalue weighted by Crippen LogP contribution is 2.38. The zero-order valence-corrected chi connectivity index (χ0v) is 25.8. The first-order chi connectivity index (χ1) is 23.5. The smallest absolute Gasteiger partial charge is 0.175 e. The van der Waals surface area contributed by atoms with Gasteiger partial charge in [-0.2, -0.15) is 15.8 Å². The highest BCUT2D eigenvalue weighted by atomic mass is 16.5. The van der Waals surface area contributed by atoms with Crippen LogP contribution >= 0.6 is 0 Å². The van der Waals surface area contributed by atoms with Crippen LogP contribution in [0.25, 0.3) is 56.0 Å². The van der Waals surface area contributed by atoms with Gasteiger partial charge < -0.3 is 24.2 Å². The predicted octanol–water partition coefficient (Wildman–Crippen LogP) is 6.25. The van der Waals surface area contributed by atoms with Gasteiger partial charge in [0, 0.05) is 16.7 Å². The Morgan fingerprint density at radius 2 is 0.896 bits per heavy atom. The molecule has 1 aliphatic heterocycles. The van der Waals surface area contributed by atoms with Crippen LogP contribution in [0, 0.1) is 34.0 Å². The van der Waals surface area contributed by atoms with E-state index in [0.29, 0.717) is 50.6 Å². The van der Waals surface area contributed by atoms with Crippen molar-refractivity contribution in [3.05, 3.63) is 101 Å². The van der Waals surface area contributed by atoms with Crippen molar-refractivity contribution in [2.45, 2.75) is 0 Å². The van der Waals surface area contributed by atoms with Crippen LogP contribution in [0.5, 0.6) is 17.2 Å². The molecule has 0 aliphatic carbocycles. The molecule has 3 aromatic heterocycles. The SMILES string of the molecule is COc1ccc(C2=C(C#N)c3nc2nc2[nH]c(nc4[nH]c(n3)c(-c3ccc(OC)cc3)c4C#N)c(-c3ccc(OC)cc3)c2C#N)cc1. The van der Waals surface area contributed by atoms with E-state index in [2.05, 4.69) is 28.2 Å². The molecule has 0 saturated carbocycles. The molecule has 0 spiro atoms. The number of fused-ring (bicyclic) bond motifs is 6. The normalized spacial score (nSPS) is 11.5. The third-order valence-electron chi connectivity index (χ3n) is 7.96. The van der Waals surface area contributed by atoms with E-state index in [4.69, 9.17) is 34.1 Å². The van der Waals surface area contributed by atoms with Crippen molar-refractivity contribution in [3.63, 3.8) is 0 Å². The third kappa shape index (κ3) is 4.85. The molecule has 6 aromatic rings. The Labute approximate surface area is 273 Å². The molecule has 4 heterocycles. The van der Waals surface area contributed by atoms with E-state index in [0.717, 1.165) is 0 Å². The second-order valence-corrected chi connectivity index (χ2v) is 10.5. The summed E-state index contributed by atoms with van der Waals surface area (Å²) in [5.41, 5.74) is 4.74. The number of nitriles is 3. The maximum Gasteiger partial charge on any atom is 0.175 e. The van der Waals surface area contributed by atoms with Gasteiger partial charge in [0.2, 0.25) is 0 Å². The number of aromatic nitrogens is 6. The minimum absolute atomic E-state index is 0.0790. The number of nitrogens with one attached hydrogen (secondary N) is 2. The molecule has 230 valence electrons. The van der Waals surface area contributed by atoms with Gasteiger partial charge in [0.15, 0.2) is 22.9 Å². The summed E-state index contributed by atoms with van der Waals surface area (Å²) in [7, 11) is 4.70. The van der Waals surface area contributed by atoms with Crippen molar-refractivity contribution < 1.29 is 14.2 Å². The summed E-state index contributed by atoms with van der Waals surface area (Å²) >= 11 is 0. The molecule has 6 bridgehead atoms. The molecule has 7 rings (SSSR count). The molecular weight excluding hydrogens is 606 g/mol. The number of methoxy groups -OCH3 is 3. The maximum absolute atomic E-state index is 10.5. The van der Waals surface area contributed by atoms with Gasteiger partial charge >= 0.3 is 0 Å². The number of nitrogens with zero attached hydrogens (tertiary/aromatic N) is 7. The number of hydrogen-bond donors (Lipinski definition) is 2. The second-order valence-electron chi connectivity index (χ2n) is 10.5. The van der Waals surface area contributed by atoms with Crippen LogP contribution < -0.4 is 14.2 Å². The standard InChI is InChI=1S/C36H23N9O3/c1-46-22-10-4-19(5-11-22)28-25(16-37)31-40-34(28)43-32-26(17-38)29(20-6-12-23(47-2)13-7-20)36(41-32)45-33-27(18-39)30(35(42-33)44-31)21-8-14-24(48-3)15-9-21/h4-15H,1-3H3,(H2,40,41,42,43,44,45). The topological polar surface area (TPSA) is 182 Å². The van der Waals surface area contributed by atoms with Gasteiger partial charge in [-0.3, -0.25) is 0 Å². The summed E-state index contributed by atoms with van der Waals surface area (Å²) in [6.07, 6.45) is 0. The van der Waals surface area contributed by atoms with E-state index >= 15 is 0 Å². The minimum Gasteiger partial charge on any atom is -0.497 e. The molecule has 2 N–H and O–H groups in total. The van der Waals surface area contributed by atoms with Crippen LogP contribution in [0.4, 0.5) is 0 Å². The van der Waals surface area contributed by atoms with Crippen molar-refractivity contribution in [2.75, 3.05) is 21.3 Å². The first-order valence-corrected chi connectivity index (χ1v) is 14.5. The van der Waals surface area contributed by atoms with Crippen molar-refractivity contribution in [1.29, 1.82) is 15.8 Å². The first-order valence-electron chi connectivity index (χ1n) is 14.5. The molecule has 0 fully saturated rings. The van der Waals surface area contributed by atoms with Gasteiger partial charge in [-0.1, -0.05) is 36.4 Å². The Hall–Kier alpha value is -7.23. The van der Waals surface area contributed by atoms with Gasteiger partial charge in [-0.15, -0.1) is 0 Å². The quantitative estimate of drug-likeness (QED) is 0.213. The molecule has 0 unspecified atom stereocenters. The molecule has 0 saturated heterocycles. The Balaban J connectivity index is 1.65. The van der Waals surface area contributed by atoms with Crippen LogP contribution in [0.3, 0.4) is 0 Å². The maximum atomic E-state index is 10.5. The van der Waals surface area contributed by atoms with Crippen LogP contribution in [-0.4, -0.2) is 51.2 Å². The third-order valence-corrected chi connectivity index (χ3v) is 7.96. The van der Waals surface area contributed by atoms with Gasteiger partial charge in [0.25, 0.3) is 0 Å². The van der Waals surface area contributed by atoms with E-state index in [1.54, 1.807) is 82.0 Å². The molecule has 0 amide bonds. The van der Waals surface area contributed by atoms with E-state index in [9.17, 15) is 15.8 Å². The predicted molar refractivity (Wildman–Crippen MR) is 177 cm³/mol. The van der Waals surface area contributed by atoms with Crippen LogP contribution in [-0.2, 0) is 0 Å². The van der Waals surface area contributed by atoms with E-state index in [-0.39, 0.29) is 50.9 Å². The molecule has 0 atom stereocenters. The molecule has 48 heavy (non-hydrogen) atoms. The van der Waals surface area contributed by atoms with Gasteiger partial charge in [-0.05, 0) is 53.1 Å². The number of benzene rings is 3. The summed E-state index contributed by atoms with van der Waals surface area (Å²) in [5.74, 6) is 2.14. The number of H-pyrrole nitrogens is 2. The Bertz CT molecular complexity index is 2470. The number of hydrogen-bond acceptors (Lipinski definition) is 10. The van der Waals surface area contributed by atoms with Gasteiger partial charge in [0.1, 0.15) is 63.5 Å². The zero-order chi connectivity index (χ0) is 33.4. The van der Waals surface area contributed by atoms with Crippen molar-refractivity contribution in [1.82, 2.24) is 29.9 Å². The fourth-order valence-corrected chi connectivity index (χ4v) is 5.64. The summed E-state index contributed by atoms with van der Waals surface area (Å²) in [4.78, 5) is 25.6. The second kappa shape index (κ2) is 11.9. The lowest BCUT2D eigenvalue weighted by Gasteiger charge is -2.05. The lowest BCUT2D eigenvalue weighted by molar-refractivity contribution is 0.414. The lowest BCUT2D eigenvalue weighted by Crippen LogP contribution is -1.92. The van der Waals surface area contributed by atoms with Crippen molar-refractivity contribution >= 4 is 33.7 Å². The van der Waals surface area contributed by atoms with Crippen molar-refractivity contribution in [3.8, 4) is 57.7 Å². The van der Waals surface area contributed by atoms with Crippen LogP contribution in [0.15, 0.2) is 72.8 Å². The average Bonchev–Trinajstić information content (AvgIpc) is 3.78. The summed E-state index contributed by atoms with van der Waals surface area (Å²) in [5, 5.41) is 31.5. The Morgan fingerprint density at radius 3 is 1.33 bits per heavy atom. The number of ether oxygens (including phenoxy) is 3. The first kappa shape index (κ1) is 29.5. The van der Waals surface area contributed by atoms with E-state index in [1.165, 1.54) is 0 Å². The number of allylic oxidation sites excluding steroid dienone is 1. The van der Waals surface area contributed by atoms with Crippen LogP contribution in [0.1, 0.15) is 28.3 Å². The highest BCUT2D eigenvalue weighted by molar-refractivity contribution is 6.04. The summed E-state index contributed by atoms with van der Waals surface area (Å²) in [6, 6.07) is 28.3. The lowest BCUT2D eigenvalue weighted by atomic mass is 10.0. The average molecular weight is 630 g/mol. The van der Waals surface area contributed by atoms with E-state index < -0.39 is 0 Å². The molecule has 12 heteroatoms. The molecule has 0 radical (unpaired) electrons. The molecule has 1 aliphatic rings. The number of aromatic amines is 2. The monoisotopic (exact) mass is 629 g/mol. The molecule has 12 nitrogen and oxygen atoms in total. The van der Waals surface area contributed by atoms with Crippen LogP contribution in [0.2, 0.25) is 0 Å². The molecule has 3 aromatic carbocycles. The van der Waals surface area contributed by atoms with Gasteiger partial charge in [-0.25, -0.2) is 19.9 Å². The minimum atomic E-state index is 0.0790. The number of rotatable bonds is 6. The van der Waals surface area contributed by atoms with Gasteiger partial charge in [0.05, 0.1) is 21.3 Å². The zero-order valence-electron chi connectivity index (χ0n) is 25.8. The van der Waals surface area contributed by atoms with Crippen molar-refractivity contribution in [2.24, 2.45) is 0 Å². The fraction of sp³-hybridized carbons (Fsp3) is 0.0833. The molecular formula is C36H23N9O3. The summed E-state index contributed by atoms with van der Waals surface area (Å²) < 4.78 is 16.0. The largest absolute Gasteiger partial charge is 0.497 e.